The molecule has 0 aliphatic heterocycles. The number of carbonyl (C=O) groups is 1. The number of aryl methyl sites for hydroxylation is 1. The molecule has 0 bridgehead atoms. The number of ether oxygens (including phenoxy) is 1. The minimum absolute atomic E-state index is 0.0847. The first kappa shape index (κ1) is 18.3. The van der Waals surface area contributed by atoms with E-state index in [0.29, 0.717) is 20.8 Å². The number of nitrogens with zero attached hydrogens (tertiary/aromatic N) is 2. The quantitative estimate of drug-likeness (QED) is 0.332. The maximum Gasteiger partial charge on any atom is 0.343 e. The molecule has 0 atom stereocenters. The van der Waals surface area contributed by atoms with Crippen LogP contribution in [-0.4, -0.2) is 15.4 Å². The van der Waals surface area contributed by atoms with Gasteiger partial charge in [-0.2, -0.15) is 0 Å². The number of fused-ring (bicyclic) bond motifs is 3. The predicted octanol–water partition coefficient (Wildman–Crippen LogP) is 3.98. The average Bonchev–Trinajstić information content (AvgIpc) is 3.26. The lowest BCUT2D eigenvalue weighted by Gasteiger charge is -2.05. The van der Waals surface area contributed by atoms with Crippen LogP contribution < -0.4 is 14.8 Å². The number of hydrogen-bond acceptors (Lipinski definition) is 5. The fraction of sp³-hybridized carbons (Fsp3) is 0.0417. The average molecular weight is 412 g/mol. The van der Waals surface area contributed by atoms with Crippen LogP contribution in [0.15, 0.2) is 77.6 Å². The highest BCUT2D eigenvalue weighted by Crippen LogP contribution is 2.17. The lowest BCUT2D eigenvalue weighted by Crippen LogP contribution is -2.22. The Balaban J connectivity index is 1.42. The van der Waals surface area contributed by atoms with Gasteiger partial charge in [0, 0.05) is 0 Å². The number of benzene rings is 3. The molecule has 5 nitrogen and oxygen atoms in total. The first-order valence-electron chi connectivity index (χ1n) is 9.39. The molecule has 5 rings (SSSR count). The second-order valence-corrected chi connectivity index (χ2v) is 7.97. The molecule has 0 N–H and O–H groups in total. The third-order valence-corrected chi connectivity index (χ3v) is 5.79. The largest absolute Gasteiger partial charge is 0.423 e. The molecule has 5 aromatic rings. The van der Waals surface area contributed by atoms with Gasteiger partial charge in [-0.25, -0.2) is 14.2 Å². The molecule has 2 heterocycles. The van der Waals surface area contributed by atoms with Gasteiger partial charge in [-0.1, -0.05) is 53.3 Å². The molecule has 0 aliphatic rings. The fourth-order valence-corrected chi connectivity index (χ4v) is 4.24. The second-order valence-electron chi connectivity index (χ2n) is 6.96. The van der Waals surface area contributed by atoms with E-state index >= 15 is 0 Å². The van der Waals surface area contributed by atoms with Crippen LogP contribution >= 0.6 is 11.3 Å². The van der Waals surface area contributed by atoms with Crippen molar-refractivity contribution in [2.75, 3.05) is 0 Å². The summed E-state index contributed by atoms with van der Waals surface area (Å²) >= 11 is 1.36. The molecule has 2 aromatic heterocycles. The van der Waals surface area contributed by atoms with Crippen molar-refractivity contribution in [1.29, 1.82) is 0 Å². The van der Waals surface area contributed by atoms with Crippen molar-refractivity contribution in [1.82, 2.24) is 9.38 Å². The Kier molecular flexibility index (Phi) is 4.41. The van der Waals surface area contributed by atoms with Gasteiger partial charge < -0.3 is 4.74 Å². The first-order valence-corrected chi connectivity index (χ1v) is 10.2. The van der Waals surface area contributed by atoms with Crippen LogP contribution in [-0.2, 0) is 0 Å². The van der Waals surface area contributed by atoms with E-state index in [0.717, 1.165) is 22.2 Å². The number of esters is 1. The van der Waals surface area contributed by atoms with Crippen LogP contribution in [0.1, 0.15) is 21.5 Å². The SMILES string of the molecule is Cc1ccc(C(=O)Oc2ccc(C=c3sc4nc5ccccc5n4c3=O)cc2)cc1. The standard InChI is InChI=1S/C24H16N2O3S/c1-15-6-10-17(11-7-15)23(28)29-18-12-8-16(9-13-18)14-21-22(27)26-20-5-3-2-4-19(20)25-24(26)30-21/h2-14H,1H3. The lowest BCUT2D eigenvalue weighted by atomic mass is 10.1. The maximum absolute atomic E-state index is 12.8. The molecule has 0 saturated heterocycles. The van der Waals surface area contributed by atoms with Crippen molar-refractivity contribution in [2.45, 2.75) is 6.92 Å². The molecular weight excluding hydrogens is 396 g/mol. The maximum atomic E-state index is 12.8. The van der Waals surface area contributed by atoms with Gasteiger partial charge >= 0.3 is 5.97 Å². The summed E-state index contributed by atoms with van der Waals surface area (Å²) in [6.07, 6.45) is 1.82. The molecule has 3 aromatic carbocycles. The summed E-state index contributed by atoms with van der Waals surface area (Å²) in [7, 11) is 0. The summed E-state index contributed by atoms with van der Waals surface area (Å²) in [5.74, 6) is 0.0481. The summed E-state index contributed by atoms with van der Waals surface area (Å²) in [6, 6.07) is 21.9. The van der Waals surface area contributed by atoms with Gasteiger partial charge in [0.25, 0.3) is 5.56 Å². The van der Waals surface area contributed by atoms with Crippen molar-refractivity contribution >= 4 is 39.4 Å². The molecule has 146 valence electrons. The van der Waals surface area contributed by atoms with Gasteiger partial charge in [0.05, 0.1) is 21.1 Å². The molecular formula is C24H16N2O3S. The molecule has 0 amide bonds. The highest BCUT2D eigenvalue weighted by atomic mass is 32.1. The molecule has 0 saturated carbocycles. The van der Waals surface area contributed by atoms with Gasteiger partial charge in [0.1, 0.15) is 5.75 Å². The Morgan fingerprint density at radius 1 is 1.00 bits per heavy atom. The smallest absolute Gasteiger partial charge is 0.343 e. The predicted molar refractivity (Wildman–Crippen MR) is 118 cm³/mol. The zero-order chi connectivity index (χ0) is 20.7. The number of aromatic nitrogens is 2. The molecule has 0 spiro atoms. The summed E-state index contributed by atoms with van der Waals surface area (Å²) in [5.41, 5.74) is 3.97. The van der Waals surface area contributed by atoms with E-state index in [1.807, 2.05) is 61.5 Å². The van der Waals surface area contributed by atoms with E-state index in [1.54, 1.807) is 28.7 Å². The van der Waals surface area contributed by atoms with Crippen LogP contribution in [0.2, 0.25) is 0 Å². The Morgan fingerprint density at radius 3 is 2.50 bits per heavy atom. The Morgan fingerprint density at radius 2 is 1.73 bits per heavy atom. The topological polar surface area (TPSA) is 60.7 Å². The van der Waals surface area contributed by atoms with Crippen molar-refractivity contribution in [3.05, 3.63) is 104 Å². The van der Waals surface area contributed by atoms with E-state index in [9.17, 15) is 9.59 Å². The van der Waals surface area contributed by atoms with E-state index in [2.05, 4.69) is 4.98 Å². The lowest BCUT2D eigenvalue weighted by molar-refractivity contribution is 0.0735. The molecule has 0 radical (unpaired) electrons. The van der Waals surface area contributed by atoms with E-state index in [-0.39, 0.29) is 5.56 Å². The number of hydrogen-bond donors (Lipinski definition) is 0. The van der Waals surface area contributed by atoms with Gasteiger partial charge in [-0.05, 0) is 55.0 Å². The Bertz CT molecular complexity index is 1500. The van der Waals surface area contributed by atoms with Gasteiger partial charge in [-0.15, -0.1) is 0 Å². The summed E-state index contributed by atoms with van der Waals surface area (Å²) in [4.78, 5) is 30.3. The minimum Gasteiger partial charge on any atom is -0.423 e. The highest BCUT2D eigenvalue weighted by Gasteiger charge is 2.11. The number of thiazole rings is 1. The summed E-state index contributed by atoms with van der Waals surface area (Å²) in [6.45, 7) is 1.96. The Hall–Kier alpha value is -3.77. The number of para-hydroxylation sites is 2. The second kappa shape index (κ2) is 7.24. The third kappa shape index (κ3) is 3.27. The zero-order valence-electron chi connectivity index (χ0n) is 16.0. The first-order chi connectivity index (χ1) is 14.6. The number of rotatable bonds is 3. The van der Waals surface area contributed by atoms with Crippen molar-refractivity contribution in [3.63, 3.8) is 0 Å². The summed E-state index contributed by atoms with van der Waals surface area (Å²) in [5, 5.41) is 0. The molecule has 30 heavy (non-hydrogen) atoms. The number of imidazole rings is 1. The molecule has 0 aliphatic carbocycles. The normalized spacial score (nSPS) is 12.0. The molecule has 0 unspecified atom stereocenters. The van der Waals surface area contributed by atoms with E-state index in [4.69, 9.17) is 4.74 Å². The van der Waals surface area contributed by atoms with E-state index in [1.165, 1.54) is 11.3 Å². The van der Waals surface area contributed by atoms with Crippen molar-refractivity contribution in [2.24, 2.45) is 0 Å². The van der Waals surface area contributed by atoms with Crippen LogP contribution in [0.3, 0.4) is 0 Å². The number of carbonyl (C=O) groups excluding carboxylic acids is 1. The minimum atomic E-state index is -0.403. The third-order valence-electron chi connectivity index (χ3n) is 4.82. The monoisotopic (exact) mass is 412 g/mol. The van der Waals surface area contributed by atoms with E-state index < -0.39 is 5.97 Å². The van der Waals surface area contributed by atoms with Crippen LogP contribution in [0.4, 0.5) is 0 Å². The van der Waals surface area contributed by atoms with Crippen LogP contribution in [0, 0.1) is 6.92 Å². The summed E-state index contributed by atoms with van der Waals surface area (Å²) < 4.78 is 7.67. The van der Waals surface area contributed by atoms with Gasteiger partial charge in [0.2, 0.25) is 0 Å². The van der Waals surface area contributed by atoms with Crippen LogP contribution in [0.25, 0.3) is 22.1 Å². The van der Waals surface area contributed by atoms with Gasteiger partial charge in [-0.3, -0.25) is 4.79 Å². The Labute approximate surface area is 175 Å². The van der Waals surface area contributed by atoms with Crippen molar-refractivity contribution < 1.29 is 9.53 Å². The fourth-order valence-electron chi connectivity index (χ4n) is 3.25. The molecule has 6 heteroatoms. The zero-order valence-corrected chi connectivity index (χ0v) is 16.8. The van der Waals surface area contributed by atoms with Crippen LogP contribution in [0.5, 0.6) is 5.75 Å². The van der Waals surface area contributed by atoms with Gasteiger partial charge in [0.15, 0.2) is 4.96 Å². The van der Waals surface area contributed by atoms with Crippen molar-refractivity contribution in [3.8, 4) is 5.75 Å². The highest BCUT2D eigenvalue weighted by molar-refractivity contribution is 7.15. The molecule has 0 fully saturated rings.